The van der Waals surface area contributed by atoms with Crippen LogP contribution in [0.25, 0.3) is 0 Å². The number of nitrogens with one attached hydrogen (secondary N) is 1. The van der Waals surface area contributed by atoms with Crippen molar-refractivity contribution in [2.45, 2.75) is 40.3 Å². The first-order valence-electron chi connectivity index (χ1n) is 8.64. The smallest absolute Gasteiger partial charge is 0.241 e. The van der Waals surface area contributed by atoms with E-state index in [1.807, 2.05) is 50.9 Å². The number of amides is 1. The molecule has 0 aliphatic heterocycles. The lowest BCUT2D eigenvalue weighted by Gasteiger charge is -2.25. The summed E-state index contributed by atoms with van der Waals surface area (Å²) in [6.45, 7) is 8.64. The van der Waals surface area contributed by atoms with Gasteiger partial charge in [0.15, 0.2) is 0 Å². The Hall–Kier alpha value is -1.85. The van der Waals surface area contributed by atoms with E-state index in [2.05, 4.69) is 40.3 Å². The largest absolute Gasteiger partial charge is 0.496 e. The molecular formula is C21H27BrN2O2. The number of benzene rings is 2. The zero-order chi connectivity index (χ0) is 19.4. The Labute approximate surface area is 164 Å². The van der Waals surface area contributed by atoms with Gasteiger partial charge in [-0.05, 0) is 64.1 Å². The monoisotopic (exact) mass is 418 g/mol. The van der Waals surface area contributed by atoms with Crippen molar-refractivity contribution in [1.29, 1.82) is 0 Å². The molecule has 2 rings (SSSR count). The first kappa shape index (κ1) is 20.5. The maximum atomic E-state index is 12.8. The second kappa shape index (κ2) is 8.69. The van der Waals surface area contributed by atoms with Crippen LogP contribution < -0.4 is 10.1 Å². The van der Waals surface area contributed by atoms with E-state index in [-0.39, 0.29) is 11.9 Å². The summed E-state index contributed by atoms with van der Waals surface area (Å²) in [6, 6.07) is 9.79. The second-order valence-corrected chi connectivity index (χ2v) is 7.73. The maximum absolute atomic E-state index is 12.8. The standard InChI is InChI=1S/C21H27BrN2O2/c1-13-9-14(2)20(15(3)10-13)23-21(25)16(4)24(5)12-17-11-18(22)7-8-19(17)26-6/h7-11,16H,12H2,1-6H3,(H,23,25)/t16-/m1/s1. The summed E-state index contributed by atoms with van der Waals surface area (Å²) in [6.07, 6.45) is 0. The number of likely N-dealkylation sites (N-methyl/N-ethyl adjacent to an activating group) is 1. The number of nitrogens with zero attached hydrogens (tertiary/aromatic N) is 1. The van der Waals surface area contributed by atoms with Crippen molar-refractivity contribution >= 4 is 27.5 Å². The van der Waals surface area contributed by atoms with E-state index < -0.39 is 0 Å². The summed E-state index contributed by atoms with van der Waals surface area (Å²) in [4.78, 5) is 14.8. The molecule has 0 unspecified atom stereocenters. The molecule has 4 nitrogen and oxygen atoms in total. The molecular weight excluding hydrogens is 392 g/mol. The minimum atomic E-state index is -0.279. The maximum Gasteiger partial charge on any atom is 0.241 e. The number of rotatable bonds is 6. The van der Waals surface area contributed by atoms with E-state index in [0.29, 0.717) is 6.54 Å². The molecule has 0 spiro atoms. The third kappa shape index (κ3) is 4.86. The number of anilines is 1. The van der Waals surface area contributed by atoms with Gasteiger partial charge in [0.25, 0.3) is 0 Å². The van der Waals surface area contributed by atoms with Gasteiger partial charge in [-0.3, -0.25) is 9.69 Å². The third-order valence-corrected chi connectivity index (χ3v) is 5.12. The first-order chi connectivity index (χ1) is 12.2. The summed E-state index contributed by atoms with van der Waals surface area (Å²) in [7, 11) is 3.60. The molecule has 1 N–H and O–H groups in total. The Morgan fingerprint density at radius 2 is 1.81 bits per heavy atom. The number of hydrogen-bond acceptors (Lipinski definition) is 3. The van der Waals surface area contributed by atoms with Gasteiger partial charge in [0.1, 0.15) is 5.75 Å². The Morgan fingerprint density at radius 1 is 1.19 bits per heavy atom. The van der Waals surface area contributed by atoms with E-state index in [0.717, 1.165) is 32.6 Å². The molecule has 5 heteroatoms. The van der Waals surface area contributed by atoms with Gasteiger partial charge in [-0.15, -0.1) is 0 Å². The summed E-state index contributed by atoms with van der Waals surface area (Å²) >= 11 is 3.49. The van der Waals surface area contributed by atoms with Crippen LogP contribution in [-0.2, 0) is 11.3 Å². The molecule has 0 saturated heterocycles. The molecule has 2 aromatic carbocycles. The molecule has 0 aliphatic rings. The van der Waals surface area contributed by atoms with Gasteiger partial charge >= 0.3 is 0 Å². The topological polar surface area (TPSA) is 41.6 Å². The Kier molecular flexibility index (Phi) is 6.84. The average molecular weight is 419 g/mol. The fraction of sp³-hybridized carbons (Fsp3) is 0.381. The Morgan fingerprint density at radius 3 is 2.38 bits per heavy atom. The fourth-order valence-electron chi connectivity index (χ4n) is 3.08. The average Bonchev–Trinajstić information content (AvgIpc) is 2.57. The van der Waals surface area contributed by atoms with Crippen molar-refractivity contribution in [3.05, 3.63) is 57.1 Å². The number of carbonyl (C=O) groups is 1. The summed E-state index contributed by atoms with van der Waals surface area (Å²) in [5, 5.41) is 3.09. The zero-order valence-electron chi connectivity index (χ0n) is 16.3. The van der Waals surface area contributed by atoms with Crippen LogP contribution in [0.2, 0.25) is 0 Å². The molecule has 0 aliphatic carbocycles. The van der Waals surface area contributed by atoms with Crippen molar-refractivity contribution in [2.75, 3.05) is 19.5 Å². The molecule has 1 atom stereocenters. The van der Waals surface area contributed by atoms with Crippen molar-refractivity contribution in [1.82, 2.24) is 4.90 Å². The molecule has 1 amide bonds. The molecule has 0 fully saturated rings. The van der Waals surface area contributed by atoms with Gasteiger partial charge in [-0.1, -0.05) is 33.6 Å². The van der Waals surface area contributed by atoms with Crippen molar-refractivity contribution < 1.29 is 9.53 Å². The highest BCUT2D eigenvalue weighted by atomic mass is 79.9. The van der Waals surface area contributed by atoms with Crippen molar-refractivity contribution in [2.24, 2.45) is 0 Å². The summed E-state index contributed by atoms with van der Waals surface area (Å²) in [5.74, 6) is 0.800. The molecule has 0 aromatic heterocycles. The lowest BCUT2D eigenvalue weighted by atomic mass is 10.0. The molecule has 0 radical (unpaired) electrons. The predicted octanol–water partition coefficient (Wildman–Crippen LogP) is 4.84. The van der Waals surface area contributed by atoms with Crippen LogP contribution in [0, 0.1) is 20.8 Å². The highest BCUT2D eigenvalue weighted by Gasteiger charge is 2.20. The van der Waals surface area contributed by atoms with Crippen LogP contribution >= 0.6 is 15.9 Å². The van der Waals surface area contributed by atoms with Crippen LogP contribution in [0.3, 0.4) is 0 Å². The molecule has 0 bridgehead atoms. The number of ether oxygens (including phenoxy) is 1. The van der Waals surface area contributed by atoms with Crippen molar-refractivity contribution in [3.63, 3.8) is 0 Å². The highest BCUT2D eigenvalue weighted by molar-refractivity contribution is 9.10. The molecule has 26 heavy (non-hydrogen) atoms. The number of methoxy groups -OCH3 is 1. The molecule has 140 valence electrons. The second-order valence-electron chi connectivity index (χ2n) is 6.81. The Bertz CT molecular complexity index is 782. The van der Waals surface area contributed by atoms with Crippen LogP contribution in [0.4, 0.5) is 5.69 Å². The third-order valence-electron chi connectivity index (χ3n) is 4.63. The van der Waals surface area contributed by atoms with Gasteiger partial charge in [0.05, 0.1) is 13.2 Å². The number of halogens is 1. The SMILES string of the molecule is COc1ccc(Br)cc1CN(C)[C@H](C)C(=O)Nc1c(C)cc(C)cc1C. The minimum absolute atomic E-state index is 0.0171. The van der Waals surface area contributed by atoms with E-state index in [9.17, 15) is 4.79 Å². The lowest BCUT2D eigenvalue weighted by molar-refractivity contribution is -0.120. The van der Waals surface area contributed by atoms with Gasteiger partial charge < -0.3 is 10.1 Å². The minimum Gasteiger partial charge on any atom is -0.496 e. The van der Waals surface area contributed by atoms with E-state index >= 15 is 0 Å². The van der Waals surface area contributed by atoms with Gasteiger partial charge in [-0.25, -0.2) is 0 Å². The molecule has 0 heterocycles. The number of hydrogen-bond donors (Lipinski definition) is 1. The number of aryl methyl sites for hydroxylation is 3. The van der Waals surface area contributed by atoms with Gasteiger partial charge in [-0.2, -0.15) is 0 Å². The van der Waals surface area contributed by atoms with Crippen LogP contribution in [0.5, 0.6) is 5.75 Å². The quantitative estimate of drug-likeness (QED) is 0.729. The lowest BCUT2D eigenvalue weighted by Crippen LogP contribution is -2.39. The van der Waals surface area contributed by atoms with Gasteiger partial charge in [0.2, 0.25) is 5.91 Å². The Balaban J connectivity index is 2.12. The van der Waals surface area contributed by atoms with Crippen LogP contribution in [0.15, 0.2) is 34.8 Å². The van der Waals surface area contributed by atoms with Gasteiger partial charge in [0, 0.05) is 22.3 Å². The summed E-state index contributed by atoms with van der Waals surface area (Å²) < 4.78 is 6.42. The normalized spacial score (nSPS) is 12.2. The number of carbonyl (C=O) groups excluding carboxylic acids is 1. The van der Waals surface area contributed by atoms with Crippen LogP contribution in [0.1, 0.15) is 29.2 Å². The summed E-state index contributed by atoms with van der Waals surface area (Å²) in [5.41, 5.74) is 5.30. The van der Waals surface area contributed by atoms with E-state index in [1.165, 1.54) is 5.56 Å². The first-order valence-corrected chi connectivity index (χ1v) is 9.43. The highest BCUT2D eigenvalue weighted by Crippen LogP contribution is 2.25. The predicted molar refractivity (Wildman–Crippen MR) is 111 cm³/mol. The fourth-order valence-corrected chi connectivity index (χ4v) is 3.49. The molecule has 2 aromatic rings. The molecule has 0 saturated carbocycles. The van der Waals surface area contributed by atoms with Crippen LogP contribution in [-0.4, -0.2) is 31.0 Å². The zero-order valence-corrected chi connectivity index (χ0v) is 17.9. The van der Waals surface area contributed by atoms with E-state index in [4.69, 9.17) is 4.74 Å². The van der Waals surface area contributed by atoms with E-state index in [1.54, 1.807) is 7.11 Å². The van der Waals surface area contributed by atoms with Crippen molar-refractivity contribution in [3.8, 4) is 5.75 Å².